The van der Waals surface area contributed by atoms with E-state index in [4.69, 9.17) is 15.6 Å². The number of aliphatic hydroxyl groups excluding tert-OH is 1. The number of benzene rings is 1. The van der Waals surface area contributed by atoms with Crippen molar-refractivity contribution in [1.29, 1.82) is 0 Å². The number of nitrogens with zero attached hydrogens (tertiary/aromatic N) is 2. The molecule has 2 heterocycles. The lowest BCUT2D eigenvalue weighted by atomic mass is 9.90. The lowest BCUT2D eigenvalue weighted by Crippen LogP contribution is -2.28. The second-order valence-corrected chi connectivity index (χ2v) is 8.97. The minimum atomic E-state index is -4.53. The first kappa shape index (κ1) is 22.8. The van der Waals surface area contributed by atoms with Gasteiger partial charge in [0.25, 0.3) is 0 Å². The van der Waals surface area contributed by atoms with E-state index in [0.717, 1.165) is 37.3 Å². The topological polar surface area (TPSA) is 101 Å². The number of aliphatic hydroxyl groups is 1. The molecule has 1 unspecified atom stereocenters. The molecular weight excluding hydrogens is 423 g/mol. The summed E-state index contributed by atoms with van der Waals surface area (Å²) in [7, 11) is 0. The first-order chi connectivity index (χ1) is 15.1. The largest absolute Gasteiger partial charge is 0.507 e. The van der Waals surface area contributed by atoms with E-state index in [-0.39, 0.29) is 29.2 Å². The van der Waals surface area contributed by atoms with Crippen molar-refractivity contribution in [3.63, 3.8) is 0 Å². The van der Waals surface area contributed by atoms with Crippen LogP contribution >= 0.6 is 0 Å². The zero-order valence-electron chi connectivity index (χ0n) is 18.0. The minimum Gasteiger partial charge on any atom is -0.507 e. The Kier molecular flexibility index (Phi) is 6.06. The standard InChI is InChI=1S/C17H16F3N3O2.C6H12O/c1-8-13-11(7-16(25-8)4-5-16)14(22-23-15(13)21)10-3-2-9(6-12(10)24)17(18,19)20;7-6-4-2-1-3-5-6/h2-3,6,8,24H,4-5,7H2,1H3,(H2,21,23);6-7H,1-5H2. The molecule has 3 aliphatic rings. The van der Waals surface area contributed by atoms with Gasteiger partial charge in [0.2, 0.25) is 0 Å². The third-order valence-corrected chi connectivity index (χ3v) is 6.44. The smallest absolute Gasteiger partial charge is 0.416 e. The Labute approximate surface area is 184 Å². The molecule has 0 saturated heterocycles. The molecule has 2 fully saturated rings. The summed E-state index contributed by atoms with van der Waals surface area (Å²) in [5, 5.41) is 27.1. The normalized spacial score (nSPS) is 22.1. The lowest BCUT2D eigenvalue weighted by Gasteiger charge is -2.32. The number of halogens is 3. The molecule has 2 saturated carbocycles. The number of alkyl halides is 3. The summed E-state index contributed by atoms with van der Waals surface area (Å²) < 4.78 is 44.5. The molecule has 0 amide bonds. The van der Waals surface area contributed by atoms with Crippen molar-refractivity contribution in [2.24, 2.45) is 0 Å². The summed E-state index contributed by atoms with van der Waals surface area (Å²) in [6.45, 7) is 1.87. The highest BCUT2D eigenvalue weighted by Gasteiger charge is 2.50. The summed E-state index contributed by atoms with van der Waals surface area (Å²) >= 11 is 0. The zero-order valence-corrected chi connectivity index (χ0v) is 18.0. The molecule has 2 aliphatic carbocycles. The number of hydrogen-bond donors (Lipinski definition) is 3. The molecule has 5 rings (SSSR count). The van der Waals surface area contributed by atoms with E-state index in [1.807, 2.05) is 6.92 Å². The van der Waals surface area contributed by atoms with Crippen molar-refractivity contribution in [3.8, 4) is 17.0 Å². The van der Waals surface area contributed by atoms with Crippen molar-refractivity contribution in [1.82, 2.24) is 10.2 Å². The maximum atomic E-state index is 12.8. The van der Waals surface area contributed by atoms with E-state index < -0.39 is 17.5 Å². The lowest BCUT2D eigenvalue weighted by molar-refractivity contribution is -0.137. The second kappa shape index (κ2) is 8.51. The van der Waals surface area contributed by atoms with Crippen LogP contribution in [0, 0.1) is 0 Å². The molecule has 9 heteroatoms. The third-order valence-electron chi connectivity index (χ3n) is 6.44. The van der Waals surface area contributed by atoms with Crippen LogP contribution in [0.5, 0.6) is 5.75 Å². The number of nitrogen functional groups attached to an aromatic ring is 1. The molecule has 0 radical (unpaired) electrons. The van der Waals surface area contributed by atoms with Gasteiger partial charge in [-0.15, -0.1) is 10.2 Å². The number of nitrogens with two attached hydrogens (primary N) is 1. The van der Waals surface area contributed by atoms with Gasteiger partial charge < -0.3 is 20.7 Å². The number of phenolic OH excluding ortho intramolecular Hbond substituents is 1. The van der Waals surface area contributed by atoms with Crippen LogP contribution in [0.15, 0.2) is 18.2 Å². The van der Waals surface area contributed by atoms with Crippen molar-refractivity contribution >= 4 is 5.82 Å². The van der Waals surface area contributed by atoms with Gasteiger partial charge in [-0.3, -0.25) is 0 Å². The number of aromatic hydroxyl groups is 1. The molecule has 32 heavy (non-hydrogen) atoms. The van der Waals surface area contributed by atoms with Gasteiger partial charge >= 0.3 is 6.18 Å². The highest BCUT2D eigenvalue weighted by molar-refractivity contribution is 5.73. The summed E-state index contributed by atoms with van der Waals surface area (Å²) in [5.74, 6) is -0.242. The number of rotatable bonds is 1. The van der Waals surface area contributed by atoms with Crippen LogP contribution in [-0.2, 0) is 17.3 Å². The van der Waals surface area contributed by atoms with Gasteiger partial charge in [-0.25, -0.2) is 0 Å². The molecule has 1 atom stereocenters. The maximum absolute atomic E-state index is 12.8. The predicted molar refractivity (Wildman–Crippen MR) is 113 cm³/mol. The third kappa shape index (κ3) is 4.68. The minimum absolute atomic E-state index is 0.0359. The highest BCUT2D eigenvalue weighted by atomic mass is 19.4. The number of anilines is 1. The fourth-order valence-electron chi connectivity index (χ4n) is 4.57. The number of ether oxygens (including phenoxy) is 1. The van der Waals surface area contributed by atoms with Gasteiger partial charge in [0.05, 0.1) is 23.4 Å². The van der Waals surface area contributed by atoms with E-state index in [1.165, 1.54) is 25.3 Å². The number of phenols is 1. The fourth-order valence-corrected chi connectivity index (χ4v) is 4.57. The number of fused-ring (bicyclic) bond motifs is 1. The van der Waals surface area contributed by atoms with E-state index >= 15 is 0 Å². The summed E-state index contributed by atoms with van der Waals surface area (Å²) in [6, 6.07) is 2.85. The Morgan fingerprint density at radius 2 is 1.81 bits per heavy atom. The Morgan fingerprint density at radius 3 is 2.34 bits per heavy atom. The number of aromatic nitrogens is 2. The van der Waals surface area contributed by atoms with Crippen LogP contribution < -0.4 is 5.73 Å². The molecule has 0 bridgehead atoms. The van der Waals surface area contributed by atoms with E-state index in [0.29, 0.717) is 23.7 Å². The van der Waals surface area contributed by atoms with Crippen molar-refractivity contribution < 1.29 is 28.1 Å². The molecule has 4 N–H and O–H groups in total. The summed E-state index contributed by atoms with van der Waals surface area (Å²) in [6.07, 6.45) is 3.50. The average molecular weight is 451 g/mol. The summed E-state index contributed by atoms with van der Waals surface area (Å²) in [4.78, 5) is 0. The molecule has 1 aromatic heterocycles. The van der Waals surface area contributed by atoms with Gasteiger partial charge in [0.1, 0.15) is 11.4 Å². The zero-order chi connectivity index (χ0) is 23.1. The van der Waals surface area contributed by atoms with Crippen LogP contribution in [0.4, 0.5) is 19.0 Å². The van der Waals surface area contributed by atoms with Crippen molar-refractivity contribution in [2.45, 2.75) is 82.3 Å². The highest BCUT2D eigenvalue weighted by Crippen LogP contribution is 2.52. The van der Waals surface area contributed by atoms with Crippen molar-refractivity contribution in [3.05, 3.63) is 34.9 Å². The molecular formula is C23H28F3N3O3. The summed E-state index contributed by atoms with van der Waals surface area (Å²) in [5.41, 5.74) is 6.83. The Morgan fingerprint density at radius 1 is 1.12 bits per heavy atom. The Balaban J connectivity index is 0.000000300. The fraction of sp³-hybridized carbons (Fsp3) is 0.565. The quantitative estimate of drug-likeness (QED) is 0.568. The molecule has 6 nitrogen and oxygen atoms in total. The van der Waals surface area contributed by atoms with E-state index in [9.17, 15) is 18.3 Å². The van der Waals surface area contributed by atoms with Crippen LogP contribution in [0.25, 0.3) is 11.3 Å². The van der Waals surface area contributed by atoms with Crippen molar-refractivity contribution in [2.75, 3.05) is 5.73 Å². The second-order valence-electron chi connectivity index (χ2n) is 8.97. The molecule has 1 aliphatic heterocycles. The Bertz CT molecular complexity index is 986. The van der Waals surface area contributed by atoms with Gasteiger partial charge in [-0.1, -0.05) is 19.3 Å². The molecule has 1 aromatic carbocycles. The van der Waals surface area contributed by atoms with E-state index in [2.05, 4.69) is 10.2 Å². The van der Waals surface area contributed by atoms with Crippen LogP contribution in [0.1, 0.15) is 74.7 Å². The maximum Gasteiger partial charge on any atom is 0.416 e. The van der Waals surface area contributed by atoms with Crippen LogP contribution in [-0.4, -0.2) is 32.1 Å². The molecule has 2 aromatic rings. The monoisotopic (exact) mass is 451 g/mol. The van der Waals surface area contributed by atoms with Gasteiger partial charge in [0.15, 0.2) is 5.82 Å². The van der Waals surface area contributed by atoms with Gasteiger partial charge in [0, 0.05) is 17.5 Å². The SMILES string of the molecule is CC1OC2(CC2)Cc2c(-c3ccc(C(F)(F)F)cc3O)nnc(N)c21.OC1CCCCC1. The average Bonchev–Trinajstić information content (AvgIpc) is 3.46. The van der Waals surface area contributed by atoms with E-state index in [1.54, 1.807) is 0 Å². The molecule has 174 valence electrons. The predicted octanol–water partition coefficient (Wildman–Crippen LogP) is 4.93. The first-order valence-electron chi connectivity index (χ1n) is 11.0. The number of hydrogen-bond acceptors (Lipinski definition) is 6. The van der Waals surface area contributed by atoms with Gasteiger partial charge in [-0.05, 0) is 56.4 Å². The van der Waals surface area contributed by atoms with Gasteiger partial charge in [-0.2, -0.15) is 13.2 Å². The van der Waals surface area contributed by atoms with Crippen LogP contribution in [0.2, 0.25) is 0 Å². The molecule has 1 spiro atoms. The Hall–Kier alpha value is -2.39. The van der Waals surface area contributed by atoms with Crippen LogP contribution in [0.3, 0.4) is 0 Å². The first-order valence-corrected chi connectivity index (χ1v) is 11.0.